The van der Waals surface area contributed by atoms with Crippen LogP contribution in [-0.4, -0.2) is 53.5 Å². The minimum atomic E-state index is -0.868. The molecule has 5 rings (SSSR count). The van der Waals surface area contributed by atoms with Crippen molar-refractivity contribution in [3.05, 3.63) is 58.7 Å². The number of ether oxygens (including phenoxy) is 3. The maximum atomic E-state index is 11.6. The summed E-state index contributed by atoms with van der Waals surface area (Å²) in [7, 11) is 3.18. The van der Waals surface area contributed by atoms with Crippen molar-refractivity contribution in [2.75, 3.05) is 14.2 Å². The molecule has 2 aromatic carbocycles. The highest BCUT2D eigenvalue weighted by Crippen LogP contribution is 2.45. The Hall–Kier alpha value is -3.43. The van der Waals surface area contributed by atoms with Crippen molar-refractivity contribution in [1.82, 2.24) is 0 Å². The van der Waals surface area contributed by atoms with E-state index in [1.54, 1.807) is 39.3 Å². The topological polar surface area (TPSA) is 138 Å². The number of carboxylic acid groups (broad SMARTS) is 1. The van der Waals surface area contributed by atoms with Crippen LogP contribution >= 0.6 is 11.6 Å². The number of aliphatic carboxylic acids is 1. The Morgan fingerprint density at radius 3 is 1.97 bits per heavy atom. The van der Waals surface area contributed by atoms with Gasteiger partial charge in [-0.2, -0.15) is 0 Å². The van der Waals surface area contributed by atoms with Crippen LogP contribution in [0, 0.1) is 13.8 Å². The van der Waals surface area contributed by atoms with Crippen molar-refractivity contribution >= 4 is 34.7 Å². The first-order chi connectivity index (χ1) is 17.0. The van der Waals surface area contributed by atoms with Crippen LogP contribution in [0.5, 0.6) is 11.5 Å². The van der Waals surface area contributed by atoms with Gasteiger partial charge >= 0.3 is 11.9 Å². The smallest absolute Gasteiger partial charge is 0.340 e. The van der Waals surface area contributed by atoms with E-state index in [1.807, 2.05) is 25.1 Å². The lowest BCUT2D eigenvalue weighted by molar-refractivity contribution is -0.139. The summed E-state index contributed by atoms with van der Waals surface area (Å²) in [6, 6.07) is 10.8. The third-order valence-electron chi connectivity index (χ3n) is 6.27. The number of carbonyl (C=O) groups is 3. The van der Waals surface area contributed by atoms with Gasteiger partial charge in [-0.25, -0.2) is 9.79 Å². The molecule has 0 unspecified atom stereocenters. The number of rotatable bonds is 5. The predicted molar refractivity (Wildman–Crippen MR) is 134 cm³/mol. The molecule has 2 aliphatic carbocycles. The van der Waals surface area contributed by atoms with Crippen LogP contribution in [0.2, 0.25) is 0 Å². The molecule has 0 aromatic heterocycles. The highest BCUT2D eigenvalue weighted by atomic mass is 35.5. The molecule has 0 bridgehead atoms. The van der Waals surface area contributed by atoms with Crippen LogP contribution in [0.25, 0.3) is 0 Å². The molecule has 0 saturated heterocycles. The second kappa shape index (κ2) is 10.7. The lowest BCUT2D eigenvalue weighted by Gasteiger charge is -2.08. The van der Waals surface area contributed by atoms with Crippen LogP contribution in [-0.2, 0) is 14.3 Å². The first-order valence-electron chi connectivity index (χ1n) is 11.3. The first-order valence-corrected chi connectivity index (χ1v) is 11.7. The normalized spacial score (nSPS) is 17.4. The van der Waals surface area contributed by atoms with E-state index in [9.17, 15) is 14.4 Å². The monoisotopic (exact) mass is 516 g/mol. The molecule has 36 heavy (non-hydrogen) atoms. The molecular weight excluding hydrogens is 488 g/mol. The van der Waals surface area contributed by atoms with E-state index in [0.717, 1.165) is 35.3 Å². The van der Waals surface area contributed by atoms with Crippen molar-refractivity contribution in [3.8, 4) is 11.5 Å². The van der Waals surface area contributed by atoms with Crippen LogP contribution < -0.4 is 15.2 Å². The molecule has 2 fully saturated rings. The number of hydrogen-bond acceptors (Lipinski definition) is 8. The van der Waals surface area contributed by atoms with E-state index in [0.29, 0.717) is 30.1 Å². The van der Waals surface area contributed by atoms with Gasteiger partial charge in [0.25, 0.3) is 5.24 Å². The third kappa shape index (κ3) is 5.85. The molecule has 10 heteroatoms. The molecular formula is C26H29ClN2O7. The average molecular weight is 517 g/mol. The number of benzene rings is 2. The Labute approximate surface area is 214 Å². The van der Waals surface area contributed by atoms with E-state index < -0.39 is 22.3 Å². The van der Waals surface area contributed by atoms with Crippen molar-refractivity contribution in [1.29, 1.82) is 0 Å². The number of carbonyl (C=O) groups excluding carboxylic acids is 2. The zero-order valence-corrected chi connectivity index (χ0v) is 21.3. The Morgan fingerprint density at radius 1 is 1.00 bits per heavy atom. The highest BCUT2D eigenvalue weighted by molar-refractivity contribution is 6.67. The standard InChI is InChI=1S/C13H13NO3.C9H9ClO2.C4H7NO2/c1-8-9(4-3-5-10(8)16-2)11-14-13(6-7-13)12(15)17-11;1-6-7(9(10)11)4-3-5-8(6)12-2;5-4(1-2-4)3(6)7/h3-5H,6-7H2,1-2H3;3-5H,1-2H3;1-2,5H2,(H,6,7). The van der Waals surface area contributed by atoms with Crippen molar-refractivity contribution in [2.24, 2.45) is 10.7 Å². The number of halogens is 1. The van der Waals surface area contributed by atoms with E-state index >= 15 is 0 Å². The minimum absolute atomic E-state index is 0.213. The molecule has 3 N–H and O–H groups in total. The van der Waals surface area contributed by atoms with Gasteiger partial charge in [0, 0.05) is 22.3 Å². The first kappa shape index (κ1) is 27.2. The summed E-state index contributed by atoms with van der Waals surface area (Å²) in [5.74, 6) is 0.811. The minimum Gasteiger partial charge on any atom is -0.496 e. The molecule has 192 valence electrons. The Balaban J connectivity index is 0.000000165. The van der Waals surface area contributed by atoms with Crippen LogP contribution in [0.15, 0.2) is 41.4 Å². The summed E-state index contributed by atoms with van der Waals surface area (Å²) in [6.07, 6.45) is 2.89. The summed E-state index contributed by atoms with van der Waals surface area (Å²) in [4.78, 5) is 36.9. The average Bonchev–Trinajstić information content (AvgIpc) is 3.76. The second-order valence-electron chi connectivity index (χ2n) is 8.84. The van der Waals surface area contributed by atoms with E-state index in [4.69, 9.17) is 36.7 Å². The van der Waals surface area contributed by atoms with Crippen LogP contribution in [0.3, 0.4) is 0 Å². The van der Waals surface area contributed by atoms with Crippen LogP contribution in [0.4, 0.5) is 0 Å². The molecule has 0 radical (unpaired) electrons. The summed E-state index contributed by atoms with van der Waals surface area (Å²) in [5.41, 5.74) is 6.86. The van der Waals surface area contributed by atoms with E-state index in [2.05, 4.69) is 4.99 Å². The van der Waals surface area contributed by atoms with Crippen LogP contribution in [0.1, 0.15) is 52.7 Å². The lowest BCUT2D eigenvalue weighted by Crippen LogP contribution is -2.31. The molecule has 0 amide bonds. The number of cyclic esters (lactones) is 1. The maximum absolute atomic E-state index is 11.6. The highest BCUT2D eigenvalue weighted by Gasteiger charge is 2.56. The zero-order valence-electron chi connectivity index (χ0n) is 20.6. The fourth-order valence-electron chi connectivity index (χ4n) is 3.46. The Kier molecular flexibility index (Phi) is 8.05. The molecule has 2 saturated carbocycles. The van der Waals surface area contributed by atoms with E-state index in [-0.39, 0.29) is 5.97 Å². The van der Waals surface area contributed by atoms with Crippen molar-refractivity contribution < 1.29 is 33.7 Å². The van der Waals surface area contributed by atoms with Gasteiger partial charge in [-0.15, -0.1) is 0 Å². The van der Waals surface area contributed by atoms with Gasteiger partial charge in [-0.05, 0) is 75.4 Å². The fourth-order valence-corrected chi connectivity index (χ4v) is 3.66. The number of hydrogen-bond donors (Lipinski definition) is 2. The molecule has 1 aliphatic heterocycles. The van der Waals surface area contributed by atoms with Crippen molar-refractivity contribution in [3.63, 3.8) is 0 Å². The number of methoxy groups -OCH3 is 2. The van der Waals surface area contributed by atoms with Gasteiger partial charge in [-0.1, -0.05) is 12.1 Å². The van der Waals surface area contributed by atoms with Gasteiger partial charge in [0.05, 0.1) is 14.2 Å². The number of aliphatic imine (C=N–C) groups is 1. The molecule has 1 heterocycles. The largest absolute Gasteiger partial charge is 0.496 e. The Bertz CT molecular complexity index is 1220. The van der Waals surface area contributed by atoms with Gasteiger partial charge in [0.2, 0.25) is 5.90 Å². The molecule has 1 spiro atoms. The summed E-state index contributed by atoms with van der Waals surface area (Å²) < 4.78 is 15.5. The van der Waals surface area contributed by atoms with Gasteiger partial charge < -0.3 is 25.1 Å². The zero-order chi connectivity index (χ0) is 26.7. The SMILES string of the molecule is COc1cccc(C(=O)Cl)c1C.COc1cccc(C2=NC3(CC3)C(=O)O2)c1C.NC1(C(=O)O)CC1. The number of nitrogens with two attached hydrogens (primary N) is 1. The number of nitrogens with zero attached hydrogens (tertiary/aromatic N) is 1. The van der Waals surface area contributed by atoms with Gasteiger partial charge in [-0.3, -0.25) is 9.59 Å². The number of esters is 1. The van der Waals surface area contributed by atoms with Gasteiger partial charge in [0.15, 0.2) is 5.54 Å². The summed E-state index contributed by atoms with van der Waals surface area (Å²) in [6.45, 7) is 3.73. The molecule has 9 nitrogen and oxygen atoms in total. The van der Waals surface area contributed by atoms with Crippen molar-refractivity contribution in [2.45, 2.75) is 50.6 Å². The van der Waals surface area contributed by atoms with Gasteiger partial charge in [0.1, 0.15) is 17.0 Å². The molecule has 3 aliphatic rings. The predicted octanol–water partition coefficient (Wildman–Crippen LogP) is 3.78. The summed E-state index contributed by atoms with van der Waals surface area (Å²) in [5, 5.41) is 7.74. The molecule has 0 atom stereocenters. The maximum Gasteiger partial charge on any atom is 0.340 e. The fraction of sp³-hybridized carbons (Fsp3) is 0.385. The number of carboxylic acids is 1. The summed E-state index contributed by atoms with van der Waals surface area (Å²) >= 11 is 5.34. The van der Waals surface area contributed by atoms with E-state index in [1.165, 1.54) is 0 Å². The quantitative estimate of drug-likeness (QED) is 0.452. The molecule has 2 aromatic rings. The lowest BCUT2D eigenvalue weighted by atomic mass is 10.1. The second-order valence-corrected chi connectivity index (χ2v) is 9.18. The third-order valence-corrected chi connectivity index (χ3v) is 6.48. The Morgan fingerprint density at radius 2 is 1.56 bits per heavy atom.